The van der Waals surface area contributed by atoms with Gasteiger partial charge in [0.2, 0.25) is 0 Å². The van der Waals surface area contributed by atoms with Crippen molar-refractivity contribution in [1.82, 2.24) is 0 Å². The maximum absolute atomic E-state index is 13.4. The molecule has 1 atom stereocenters. The Morgan fingerprint density at radius 2 is 1.67 bits per heavy atom. The number of benzene rings is 2. The molecule has 0 aliphatic carbocycles. The Morgan fingerprint density at radius 3 is 2.19 bits per heavy atom. The molecular formula is C19H23FO. The van der Waals surface area contributed by atoms with Gasteiger partial charge in [0.1, 0.15) is 5.82 Å². The molecule has 112 valence electrons. The fourth-order valence-electron chi connectivity index (χ4n) is 2.44. The topological polar surface area (TPSA) is 20.2 Å². The van der Waals surface area contributed by atoms with Crippen molar-refractivity contribution in [2.45, 2.75) is 45.6 Å². The summed E-state index contributed by atoms with van der Waals surface area (Å²) in [4.78, 5) is 0. The van der Waals surface area contributed by atoms with Gasteiger partial charge in [0.15, 0.2) is 0 Å². The molecule has 0 bridgehead atoms. The highest BCUT2D eigenvalue weighted by Crippen LogP contribution is 2.25. The molecule has 1 unspecified atom stereocenters. The first-order valence-electron chi connectivity index (χ1n) is 7.30. The monoisotopic (exact) mass is 286 g/mol. The van der Waals surface area contributed by atoms with Gasteiger partial charge in [0.05, 0.1) is 6.10 Å². The van der Waals surface area contributed by atoms with Crippen molar-refractivity contribution in [3.8, 4) is 0 Å². The van der Waals surface area contributed by atoms with E-state index < -0.39 is 6.10 Å². The predicted molar refractivity (Wildman–Crippen MR) is 84.9 cm³/mol. The van der Waals surface area contributed by atoms with Crippen molar-refractivity contribution >= 4 is 0 Å². The molecule has 1 N–H and O–H groups in total. The molecule has 0 saturated carbocycles. The van der Waals surface area contributed by atoms with Gasteiger partial charge in [-0.1, -0.05) is 51.1 Å². The highest BCUT2D eigenvalue weighted by molar-refractivity contribution is 5.30. The number of aliphatic hydroxyl groups excluding tert-OH is 1. The van der Waals surface area contributed by atoms with Crippen LogP contribution in [0.5, 0.6) is 0 Å². The summed E-state index contributed by atoms with van der Waals surface area (Å²) in [5, 5.41) is 10.3. The van der Waals surface area contributed by atoms with E-state index in [9.17, 15) is 9.50 Å². The molecule has 2 rings (SSSR count). The summed E-state index contributed by atoms with van der Waals surface area (Å²) in [6, 6.07) is 13.0. The van der Waals surface area contributed by atoms with E-state index in [1.54, 1.807) is 0 Å². The predicted octanol–water partition coefficient (Wildman–Crippen LogP) is 4.71. The van der Waals surface area contributed by atoms with E-state index in [4.69, 9.17) is 0 Å². The van der Waals surface area contributed by atoms with Crippen LogP contribution >= 0.6 is 0 Å². The van der Waals surface area contributed by atoms with Crippen molar-refractivity contribution in [3.63, 3.8) is 0 Å². The van der Waals surface area contributed by atoms with Crippen LogP contribution in [0.25, 0.3) is 0 Å². The smallest absolute Gasteiger partial charge is 0.123 e. The van der Waals surface area contributed by atoms with Crippen LogP contribution in [0.3, 0.4) is 0 Å². The van der Waals surface area contributed by atoms with E-state index in [1.807, 2.05) is 25.1 Å². The number of hydrogen-bond donors (Lipinski definition) is 1. The van der Waals surface area contributed by atoms with Gasteiger partial charge < -0.3 is 5.11 Å². The van der Waals surface area contributed by atoms with Gasteiger partial charge in [-0.25, -0.2) is 4.39 Å². The molecule has 0 spiro atoms. The molecular weight excluding hydrogens is 263 g/mol. The second-order valence-electron chi connectivity index (χ2n) is 6.73. The van der Waals surface area contributed by atoms with Gasteiger partial charge in [-0.15, -0.1) is 0 Å². The van der Waals surface area contributed by atoms with Crippen LogP contribution in [0.15, 0.2) is 42.5 Å². The molecule has 0 saturated heterocycles. The SMILES string of the molecule is Cc1cc(F)cc(C(O)Cc2ccc(C(C)(C)C)cc2)c1. The summed E-state index contributed by atoms with van der Waals surface area (Å²) in [7, 11) is 0. The van der Waals surface area contributed by atoms with Gasteiger partial charge in [-0.3, -0.25) is 0 Å². The minimum Gasteiger partial charge on any atom is -0.388 e. The first kappa shape index (κ1) is 15.7. The van der Waals surface area contributed by atoms with E-state index in [2.05, 4.69) is 32.9 Å². The minimum atomic E-state index is -0.681. The summed E-state index contributed by atoms with van der Waals surface area (Å²) in [6.07, 6.45) is -0.187. The molecule has 0 amide bonds. The zero-order chi connectivity index (χ0) is 15.6. The van der Waals surface area contributed by atoms with E-state index in [-0.39, 0.29) is 11.2 Å². The minimum absolute atomic E-state index is 0.122. The van der Waals surface area contributed by atoms with Crippen molar-refractivity contribution in [2.75, 3.05) is 0 Å². The van der Waals surface area contributed by atoms with Crippen molar-refractivity contribution < 1.29 is 9.50 Å². The third-order valence-corrected chi connectivity index (χ3v) is 3.70. The normalized spacial score (nSPS) is 13.2. The molecule has 0 radical (unpaired) electrons. The number of hydrogen-bond acceptors (Lipinski definition) is 1. The lowest BCUT2D eigenvalue weighted by Crippen LogP contribution is -2.11. The van der Waals surface area contributed by atoms with Crippen LogP contribution in [-0.4, -0.2) is 5.11 Å². The van der Waals surface area contributed by atoms with E-state index in [0.717, 1.165) is 11.1 Å². The molecule has 0 fully saturated rings. The Labute approximate surface area is 126 Å². The largest absolute Gasteiger partial charge is 0.388 e. The molecule has 2 aromatic rings. The van der Waals surface area contributed by atoms with E-state index in [0.29, 0.717) is 12.0 Å². The standard InChI is InChI=1S/C19H23FO/c1-13-9-15(12-17(20)10-13)18(21)11-14-5-7-16(8-6-14)19(2,3)4/h5-10,12,18,21H,11H2,1-4H3. The average Bonchev–Trinajstić information content (AvgIpc) is 2.37. The number of aryl methyl sites for hydroxylation is 1. The molecule has 21 heavy (non-hydrogen) atoms. The zero-order valence-corrected chi connectivity index (χ0v) is 13.2. The fraction of sp³-hybridized carbons (Fsp3) is 0.368. The van der Waals surface area contributed by atoms with Gasteiger partial charge >= 0.3 is 0 Å². The van der Waals surface area contributed by atoms with Crippen molar-refractivity contribution in [3.05, 3.63) is 70.5 Å². The zero-order valence-electron chi connectivity index (χ0n) is 13.2. The highest BCUT2D eigenvalue weighted by Gasteiger charge is 2.14. The molecule has 0 aliphatic rings. The van der Waals surface area contributed by atoms with Crippen LogP contribution in [-0.2, 0) is 11.8 Å². The fourth-order valence-corrected chi connectivity index (χ4v) is 2.44. The van der Waals surface area contributed by atoms with Crippen LogP contribution in [0.2, 0.25) is 0 Å². The summed E-state index contributed by atoms with van der Waals surface area (Å²) < 4.78 is 13.4. The molecule has 1 nitrogen and oxygen atoms in total. The maximum Gasteiger partial charge on any atom is 0.123 e. The quantitative estimate of drug-likeness (QED) is 0.866. The molecule has 0 aromatic heterocycles. The van der Waals surface area contributed by atoms with Gasteiger partial charge in [-0.05, 0) is 46.7 Å². The second kappa shape index (κ2) is 5.98. The Hall–Kier alpha value is -1.67. The van der Waals surface area contributed by atoms with Crippen LogP contribution in [0, 0.1) is 12.7 Å². The summed E-state index contributed by atoms with van der Waals surface area (Å²) >= 11 is 0. The third kappa shape index (κ3) is 4.15. The molecule has 2 heteroatoms. The maximum atomic E-state index is 13.4. The molecule has 0 heterocycles. The first-order valence-corrected chi connectivity index (χ1v) is 7.30. The van der Waals surface area contributed by atoms with Gasteiger partial charge in [-0.2, -0.15) is 0 Å². The summed E-state index contributed by atoms with van der Waals surface area (Å²) in [6.45, 7) is 8.35. The van der Waals surface area contributed by atoms with Crippen LogP contribution in [0.4, 0.5) is 4.39 Å². The lowest BCUT2D eigenvalue weighted by atomic mass is 9.86. The van der Waals surface area contributed by atoms with Crippen LogP contribution in [0.1, 0.15) is 49.1 Å². The van der Waals surface area contributed by atoms with Crippen molar-refractivity contribution in [1.29, 1.82) is 0 Å². The lowest BCUT2D eigenvalue weighted by Gasteiger charge is -2.19. The Kier molecular flexibility index (Phi) is 4.48. The van der Waals surface area contributed by atoms with Crippen molar-refractivity contribution in [2.24, 2.45) is 0 Å². The highest BCUT2D eigenvalue weighted by atomic mass is 19.1. The average molecular weight is 286 g/mol. The number of aliphatic hydroxyl groups is 1. The Bertz CT molecular complexity index is 588. The van der Waals surface area contributed by atoms with Crippen LogP contribution < -0.4 is 0 Å². The lowest BCUT2D eigenvalue weighted by molar-refractivity contribution is 0.178. The van der Waals surface area contributed by atoms with E-state index >= 15 is 0 Å². The second-order valence-corrected chi connectivity index (χ2v) is 6.73. The third-order valence-electron chi connectivity index (χ3n) is 3.70. The Balaban J connectivity index is 2.14. The first-order chi connectivity index (χ1) is 9.75. The Morgan fingerprint density at radius 1 is 1.05 bits per heavy atom. The molecule has 0 aliphatic heterocycles. The summed E-state index contributed by atoms with van der Waals surface area (Å²) in [5.41, 5.74) is 3.90. The van der Waals surface area contributed by atoms with Gasteiger partial charge in [0.25, 0.3) is 0 Å². The number of halogens is 1. The van der Waals surface area contributed by atoms with E-state index in [1.165, 1.54) is 17.7 Å². The van der Waals surface area contributed by atoms with Gasteiger partial charge in [0, 0.05) is 6.42 Å². The summed E-state index contributed by atoms with van der Waals surface area (Å²) in [5.74, 6) is -0.299. The number of rotatable bonds is 3. The molecule has 2 aromatic carbocycles.